The molecule has 1 aliphatic heterocycles. The molecule has 0 radical (unpaired) electrons. The highest BCUT2D eigenvalue weighted by Crippen LogP contribution is 2.16. The number of hydrogen-bond donors (Lipinski definition) is 1. The predicted molar refractivity (Wildman–Crippen MR) is 43.1 cm³/mol. The number of carbonyl (C=O) groups excluding carboxylic acids is 1. The van der Waals surface area contributed by atoms with Crippen molar-refractivity contribution >= 4 is 11.9 Å². The van der Waals surface area contributed by atoms with E-state index in [1.165, 1.54) is 4.90 Å². The van der Waals surface area contributed by atoms with Crippen molar-refractivity contribution < 1.29 is 14.7 Å². The molecule has 0 aromatic heterocycles. The van der Waals surface area contributed by atoms with Crippen LogP contribution in [0.3, 0.4) is 0 Å². The summed E-state index contributed by atoms with van der Waals surface area (Å²) in [5.74, 6) is 0.180. The second kappa shape index (κ2) is 3.56. The molecule has 0 aromatic rings. The second-order valence-electron chi connectivity index (χ2n) is 3.03. The van der Waals surface area contributed by atoms with Crippen LogP contribution in [0.2, 0.25) is 0 Å². The Kier molecular flexibility index (Phi) is 2.68. The van der Waals surface area contributed by atoms with Gasteiger partial charge in [-0.1, -0.05) is 6.92 Å². The largest absolute Gasteiger partial charge is 0.465 e. The van der Waals surface area contributed by atoms with Crippen LogP contribution in [0.15, 0.2) is 0 Å². The van der Waals surface area contributed by atoms with Crippen LogP contribution in [0.5, 0.6) is 0 Å². The van der Waals surface area contributed by atoms with Gasteiger partial charge in [0.15, 0.2) is 0 Å². The Labute approximate surface area is 71.2 Å². The standard InChI is InChI=1S/C8H13NO3/c1-2-6-5-7(10)3-4-9(6)8(11)12/h6H,2-5H2,1H3,(H,11,12). The highest BCUT2D eigenvalue weighted by atomic mass is 16.4. The molecule has 0 aliphatic carbocycles. The number of piperidine rings is 1. The van der Waals surface area contributed by atoms with Crippen molar-refractivity contribution in [1.29, 1.82) is 0 Å². The van der Waals surface area contributed by atoms with Crippen LogP contribution in [0.4, 0.5) is 4.79 Å². The molecule has 0 bridgehead atoms. The fraction of sp³-hybridized carbons (Fsp3) is 0.750. The summed E-state index contributed by atoms with van der Waals surface area (Å²) in [7, 11) is 0. The third-order valence-electron chi connectivity index (χ3n) is 2.25. The van der Waals surface area contributed by atoms with E-state index in [0.717, 1.165) is 6.42 Å². The van der Waals surface area contributed by atoms with E-state index in [2.05, 4.69) is 0 Å². The van der Waals surface area contributed by atoms with Gasteiger partial charge in [0.25, 0.3) is 0 Å². The molecule has 12 heavy (non-hydrogen) atoms. The van der Waals surface area contributed by atoms with Crippen molar-refractivity contribution in [3.05, 3.63) is 0 Å². The molecule has 4 heteroatoms. The molecule has 1 atom stereocenters. The van der Waals surface area contributed by atoms with E-state index in [4.69, 9.17) is 5.11 Å². The van der Waals surface area contributed by atoms with Crippen LogP contribution in [0.1, 0.15) is 26.2 Å². The first-order chi connectivity index (χ1) is 5.65. The van der Waals surface area contributed by atoms with E-state index in [0.29, 0.717) is 19.4 Å². The number of Topliss-reactive ketones (excluding diaryl/α,β-unsaturated/α-hetero) is 1. The van der Waals surface area contributed by atoms with Crippen molar-refractivity contribution in [2.24, 2.45) is 0 Å². The first-order valence-corrected chi connectivity index (χ1v) is 4.16. The van der Waals surface area contributed by atoms with Crippen LogP contribution in [-0.2, 0) is 4.79 Å². The minimum absolute atomic E-state index is 0.0938. The van der Waals surface area contributed by atoms with E-state index < -0.39 is 6.09 Å². The van der Waals surface area contributed by atoms with Gasteiger partial charge < -0.3 is 10.0 Å². The minimum atomic E-state index is -0.908. The maximum absolute atomic E-state index is 11.0. The average molecular weight is 171 g/mol. The fourth-order valence-corrected chi connectivity index (χ4v) is 1.52. The van der Waals surface area contributed by atoms with Crippen molar-refractivity contribution in [2.75, 3.05) is 6.54 Å². The van der Waals surface area contributed by atoms with Crippen LogP contribution in [-0.4, -0.2) is 34.5 Å². The third-order valence-corrected chi connectivity index (χ3v) is 2.25. The van der Waals surface area contributed by atoms with E-state index in [1.807, 2.05) is 6.92 Å². The minimum Gasteiger partial charge on any atom is -0.465 e. The van der Waals surface area contributed by atoms with E-state index in [1.54, 1.807) is 0 Å². The monoisotopic (exact) mass is 171 g/mol. The Morgan fingerprint density at radius 1 is 1.75 bits per heavy atom. The highest BCUT2D eigenvalue weighted by molar-refractivity contribution is 5.81. The van der Waals surface area contributed by atoms with Crippen molar-refractivity contribution in [2.45, 2.75) is 32.2 Å². The van der Waals surface area contributed by atoms with E-state index >= 15 is 0 Å². The van der Waals surface area contributed by atoms with Gasteiger partial charge in [0, 0.05) is 25.4 Å². The molecule has 1 amide bonds. The maximum Gasteiger partial charge on any atom is 0.407 e. The summed E-state index contributed by atoms with van der Waals surface area (Å²) < 4.78 is 0. The molecule has 0 spiro atoms. The molecule has 1 unspecified atom stereocenters. The van der Waals surface area contributed by atoms with E-state index in [9.17, 15) is 9.59 Å². The van der Waals surface area contributed by atoms with Gasteiger partial charge in [0.1, 0.15) is 5.78 Å². The number of hydrogen-bond acceptors (Lipinski definition) is 2. The first-order valence-electron chi connectivity index (χ1n) is 4.16. The summed E-state index contributed by atoms with van der Waals surface area (Å²) in [5.41, 5.74) is 0. The first kappa shape index (κ1) is 9.03. The van der Waals surface area contributed by atoms with Gasteiger partial charge in [-0.2, -0.15) is 0 Å². The normalized spacial score (nSPS) is 24.2. The molecule has 1 N–H and O–H groups in total. The number of likely N-dealkylation sites (tertiary alicyclic amines) is 1. The molecular weight excluding hydrogens is 158 g/mol. The van der Waals surface area contributed by atoms with Gasteiger partial charge in [0.05, 0.1) is 0 Å². The lowest BCUT2D eigenvalue weighted by molar-refractivity contribution is -0.122. The van der Waals surface area contributed by atoms with Crippen molar-refractivity contribution in [3.8, 4) is 0 Å². The van der Waals surface area contributed by atoms with Crippen LogP contribution >= 0.6 is 0 Å². The Hall–Kier alpha value is -1.06. The smallest absolute Gasteiger partial charge is 0.407 e. The number of carbonyl (C=O) groups is 2. The molecule has 0 aromatic carbocycles. The van der Waals surface area contributed by atoms with Gasteiger partial charge in [-0.3, -0.25) is 4.79 Å². The molecular formula is C8H13NO3. The van der Waals surface area contributed by atoms with Gasteiger partial charge in [0.2, 0.25) is 0 Å². The molecule has 1 rings (SSSR count). The van der Waals surface area contributed by atoms with Crippen molar-refractivity contribution in [3.63, 3.8) is 0 Å². The Bertz CT molecular complexity index is 202. The molecule has 68 valence electrons. The van der Waals surface area contributed by atoms with Crippen LogP contribution in [0, 0.1) is 0 Å². The quantitative estimate of drug-likeness (QED) is 0.642. The molecule has 4 nitrogen and oxygen atoms in total. The predicted octanol–water partition coefficient (Wildman–Crippen LogP) is 1.11. The molecule has 1 heterocycles. The van der Waals surface area contributed by atoms with Crippen LogP contribution < -0.4 is 0 Å². The summed E-state index contributed by atoms with van der Waals surface area (Å²) in [6, 6.07) is -0.0938. The average Bonchev–Trinajstić information content (AvgIpc) is 2.03. The summed E-state index contributed by atoms with van der Waals surface area (Å²) >= 11 is 0. The fourth-order valence-electron chi connectivity index (χ4n) is 1.52. The third kappa shape index (κ3) is 1.75. The molecule has 0 saturated carbocycles. The lowest BCUT2D eigenvalue weighted by Gasteiger charge is -2.31. The van der Waals surface area contributed by atoms with Crippen LogP contribution in [0.25, 0.3) is 0 Å². The Morgan fingerprint density at radius 2 is 2.42 bits per heavy atom. The van der Waals surface area contributed by atoms with Gasteiger partial charge in [-0.15, -0.1) is 0 Å². The second-order valence-corrected chi connectivity index (χ2v) is 3.03. The SMILES string of the molecule is CCC1CC(=O)CCN1C(=O)O. The topological polar surface area (TPSA) is 57.6 Å². The summed E-state index contributed by atoms with van der Waals surface area (Å²) in [6.07, 6.45) is 0.582. The van der Waals surface area contributed by atoms with Gasteiger partial charge in [-0.25, -0.2) is 4.79 Å². The maximum atomic E-state index is 11.0. The zero-order valence-corrected chi connectivity index (χ0v) is 7.12. The Morgan fingerprint density at radius 3 is 2.92 bits per heavy atom. The summed E-state index contributed by atoms with van der Waals surface area (Å²) in [4.78, 5) is 23.0. The summed E-state index contributed by atoms with van der Waals surface area (Å²) in [6.45, 7) is 2.27. The summed E-state index contributed by atoms with van der Waals surface area (Å²) in [5, 5.41) is 8.74. The van der Waals surface area contributed by atoms with E-state index in [-0.39, 0.29) is 11.8 Å². The number of amides is 1. The zero-order chi connectivity index (χ0) is 9.14. The number of carboxylic acid groups (broad SMARTS) is 1. The van der Waals surface area contributed by atoms with Gasteiger partial charge >= 0.3 is 6.09 Å². The van der Waals surface area contributed by atoms with Gasteiger partial charge in [-0.05, 0) is 6.42 Å². The van der Waals surface area contributed by atoms with Crippen molar-refractivity contribution in [1.82, 2.24) is 4.90 Å². The highest BCUT2D eigenvalue weighted by Gasteiger charge is 2.28. The molecule has 1 fully saturated rings. The number of ketones is 1. The Balaban J connectivity index is 2.62. The number of rotatable bonds is 1. The lowest BCUT2D eigenvalue weighted by atomic mass is 10.00. The molecule has 1 saturated heterocycles. The zero-order valence-electron chi connectivity index (χ0n) is 7.12. The molecule has 1 aliphatic rings. The number of nitrogens with zero attached hydrogens (tertiary/aromatic N) is 1. The lowest BCUT2D eigenvalue weighted by Crippen LogP contribution is -2.45.